The topological polar surface area (TPSA) is 58.0 Å². The molecule has 1 aromatic carbocycles. The highest BCUT2D eigenvalue weighted by atomic mass is 16.3. The monoisotopic (exact) mass is 257 g/mol. The summed E-state index contributed by atoms with van der Waals surface area (Å²) in [4.78, 5) is 9.05. The summed E-state index contributed by atoms with van der Waals surface area (Å²) >= 11 is 0. The van der Waals surface area contributed by atoms with Gasteiger partial charge in [0.15, 0.2) is 5.82 Å². The Kier molecular flexibility index (Phi) is 4.00. The lowest BCUT2D eigenvalue weighted by molar-refractivity contribution is 0.475. The van der Waals surface area contributed by atoms with E-state index in [-0.39, 0.29) is 5.75 Å². The maximum atomic E-state index is 9.55. The standard InChI is InChI=1S/C15H19N3O/c1-4-16-14-9-13(10(2)3)17-15(18-14)11-6-5-7-12(19)8-11/h5-10,19H,4H2,1-3H3,(H,16,17,18). The zero-order chi connectivity index (χ0) is 13.8. The van der Waals surface area contributed by atoms with Gasteiger partial charge in [-0.05, 0) is 25.0 Å². The van der Waals surface area contributed by atoms with E-state index in [1.807, 2.05) is 19.1 Å². The zero-order valence-corrected chi connectivity index (χ0v) is 11.5. The van der Waals surface area contributed by atoms with Gasteiger partial charge in [0.1, 0.15) is 11.6 Å². The number of anilines is 1. The van der Waals surface area contributed by atoms with Crippen molar-refractivity contribution in [2.75, 3.05) is 11.9 Å². The molecule has 0 aliphatic rings. The van der Waals surface area contributed by atoms with Crippen molar-refractivity contribution in [2.24, 2.45) is 0 Å². The van der Waals surface area contributed by atoms with E-state index in [1.54, 1.807) is 18.2 Å². The first-order valence-electron chi connectivity index (χ1n) is 6.52. The van der Waals surface area contributed by atoms with Gasteiger partial charge in [0.05, 0.1) is 0 Å². The van der Waals surface area contributed by atoms with E-state index >= 15 is 0 Å². The second-order valence-corrected chi connectivity index (χ2v) is 4.74. The maximum absolute atomic E-state index is 9.55. The summed E-state index contributed by atoms with van der Waals surface area (Å²) < 4.78 is 0. The predicted octanol–water partition coefficient (Wildman–Crippen LogP) is 3.40. The first kappa shape index (κ1) is 13.3. The van der Waals surface area contributed by atoms with Gasteiger partial charge in [-0.25, -0.2) is 9.97 Å². The van der Waals surface area contributed by atoms with E-state index in [2.05, 4.69) is 29.1 Å². The molecule has 0 fully saturated rings. The van der Waals surface area contributed by atoms with Crippen LogP contribution in [0.1, 0.15) is 32.4 Å². The number of nitrogens with zero attached hydrogens (tertiary/aromatic N) is 2. The van der Waals surface area contributed by atoms with Crippen molar-refractivity contribution in [2.45, 2.75) is 26.7 Å². The van der Waals surface area contributed by atoms with Crippen LogP contribution in [0.3, 0.4) is 0 Å². The van der Waals surface area contributed by atoms with Crippen LogP contribution in [0.5, 0.6) is 5.75 Å². The summed E-state index contributed by atoms with van der Waals surface area (Å²) in [6, 6.07) is 8.98. The minimum atomic E-state index is 0.223. The van der Waals surface area contributed by atoms with Gasteiger partial charge in [-0.15, -0.1) is 0 Å². The van der Waals surface area contributed by atoms with Crippen LogP contribution in [-0.4, -0.2) is 21.6 Å². The normalized spacial score (nSPS) is 10.7. The van der Waals surface area contributed by atoms with E-state index in [1.165, 1.54) is 0 Å². The van der Waals surface area contributed by atoms with Crippen molar-refractivity contribution < 1.29 is 5.11 Å². The maximum Gasteiger partial charge on any atom is 0.161 e. The third-order valence-corrected chi connectivity index (χ3v) is 2.80. The molecular weight excluding hydrogens is 238 g/mol. The molecule has 1 heterocycles. The van der Waals surface area contributed by atoms with Crippen LogP contribution in [-0.2, 0) is 0 Å². The quantitative estimate of drug-likeness (QED) is 0.881. The number of hydrogen-bond acceptors (Lipinski definition) is 4. The number of nitrogens with one attached hydrogen (secondary N) is 1. The van der Waals surface area contributed by atoms with Crippen LogP contribution < -0.4 is 5.32 Å². The summed E-state index contributed by atoms with van der Waals surface area (Å²) in [6.45, 7) is 7.05. The number of rotatable bonds is 4. The Labute approximate surface area is 113 Å². The van der Waals surface area contributed by atoms with E-state index < -0.39 is 0 Å². The molecule has 0 unspecified atom stereocenters. The molecule has 4 nitrogen and oxygen atoms in total. The third kappa shape index (κ3) is 3.22. The van der Waals surface area contributed by atoms with Crippen molar-refractivity contribution in [3.8, 4) is 17.1 Å². The van der Waals surface area contributed by atoms with Crippen LogP contribution in [0.2, 0.25) is 0 Å². The van der Waals surface area contributed by atoms with Crippen molar-refractivity contribution >= 4 is 5.82 Å². The minimum absolute atomic E-state index is 0.223. The van der Waals surface area contributed by atoms with Crippen molar-refractivity contribution in [1.29, 1.82) is 0 Å². The smallest absolute Gasteiger partial charge is 0.161 e. The molecule has 1 aromatic heterocycles. The summed E-state index contributed by atoms with van der Waals surface area (Å²) in [5.74, 6) is 2.01. The van der Waals surface area contributed by atoms with Gasteiger partial charge < -0.3 is 10.4 Å². The number of phenolic OH excluding ortho intramolecular Hbond substituents is 1. The summed E-state index contributed by atoms with van der Waals surface area (Å²) in [5, 5.41) is 12.8. The Balaban J connectivity index is 2.49. The fourth-order valence-corrected chi connectivity index (χ4v) is 1.81. The first-order valence-corrected chi connectivity index (χ1v) is 6.52. The SMILES string of the molecule is CCNc1cc(C(C)C)nc(-c2cccc(O)c2)n1. The molecule has 2 N–H and O–H groups in total. The Bertz CT molecular complexity index is 567. The molecule has 2 aromatic rings. The third-order valence-electron chi connectivity index (χ3n) is 2.80. The predicted molar refractivity (Wildman–Crippen MR) is 77.4 cm³/mol. The second-order valence-electron chi connectivity index (χ2n) is 4.74. The summed E-state index contributed by atoms with van der Waals surface area (Å²) in [7, 11) is 0. The van der Waals surface area contributed by atoms with Crippen LogP contribution in [0, 0.1) is 0 Å². The molecule has 0 amide bonds. The molecular formula is C15H19N3O. The molecule has 0 atom stereocenters. The van der Waals surface area contributed by atoms with Crippen molar-refractivity contribution in [3.63, 3.8) is 0 Å². The van der Waals surface area contributed by atoms with E-state index in [9.17, 15) is 5.11 Å². The molecule has 0 saturated heterocycles. The molecule has 0 spiro atoms. The van der Waals surface area contributed by atoms with Crippen molar-refractivity contribution in [3.05, 3.63) is 36.0 Å². The fourth-order valence-electron chi connectivity index (χ4n) is 1.81. The molecule has 4 heteroatoms. The van der Waals surface area contributed by atoms with Gasteiger partial charge in [0.25, 0.3) is 0 Å². The lowest BCUT2D eigenvalue weighted by Gasteiger charge is -2.11. The number of aromatic nitrogens is 2. The number of benzene rings is 1. The average molecular weight is 257 g/mol. The number of aromatic hydroxyl groups is 1. The highest BCUT2D eigenvalue weighted by molar-refractivity contribution is 5.59. The van der Waals surface area contributed by atoms with Crippen LogP contribution >= 0.6 is 0 Å². The van der Waals surface area contributed by atoms with Gasteiger partial charge in [0, 0.05) is 23.9 Å². The molecule has 0 bridgehead atoms. The zero-order valence-electron chi connectivity index (χ0n) is 11.5. The fraction of sp³-hybridized carbons (Fsp3) is 0.333. The van der Waals surface area contributed by atoms with Crippen LogP contribution in [0.4, 0.5) is 5.82 Å². The number of hydrogen-bond donors (Lipinski definition) is 2. The van der Waals surface area contributed by atoms with Gasteiger partial charge in [-0.1, -0.05) is 26.0 Å². The minimum Gasteiger partial charge on any atom is -0.508 e. The van der Waals surface area contributed by atoms with Crippen LogP contribution in [0.15, 0.2) is 30.3 Å². The summed E-state index contributed by atoms with van der Waals surface area (Å²) in [6.07, 6.45) is 0. The van der Waals surface area contributed by atoms with Gasteiger partial charge in [0.2, 0.25) is 0 Å². The van der Waals surface area contributed by atoms with E-state index in [0.717, 1.165) is 23.6 Å². The Morgan fingerprint density at radius 1 is 1.21 bits per heavy atom. The van der Waals surface area contributed by atoms with Gasteiger partial charge in [-0.3, -0.25) is 0 Å². The van der Waals surface area contributed by atoms with Gasteiger partial charge in [-0.2, -0.15) is 0 Å². The van der Waals surface area contributed by atoms with E-state index in [4.69, 9.17) is 0 Å². The average Bonchev–Trinajstić information content (AvgIpc) is 2.38. The first-order chi connectivity index (χ1) is 9.10. The van der Waals surface area contributed by atoms with Gasteiger partial charge >= 0.3 is 0 Å². The molecule has 100 valence electrons. The molecule has 0 aliphatic heterocycles. The summed E-state index contributed by atoms with van der Waals surface area (Å²) in [5.41, 5.74) is 1.81. The largest absolute Gasteiger partial charge is 0.508 e. The molecule has 19 heavy (non-hydrogen) atoms. The molecule has 0 radical (unpaired) electrons. The highest BCUT2D eigenvalue weighted by Crippen LogP contribution is 2.24. The molecule has 2 rings (SSSR count). The van der Waals surface area contributed by atoms with Crippen LogP contribution in [0.25, 0.3) is 11.4 Å². The number of phenols is 1. The highest BCUT2D eigenvalue weighted by Gasteiger charge is 2.09. The van der Waals surface area contributed by atoms with E-state index in [0.29, 0.717) is 11.7 Å². The molecule has 0 saturated carbocycles. The second kappa shape index (κ2) is 5.69. The molecule has 0 aliphatic carbocycles. The lowest BCUT2D eigenvalue weighted by atomic mass is 10.1. The Morgan fingerprint density at radius 3 is 2.63 bits per heavy atom. The Morgan fingerprint density at radius 2 is 2.00 bits per heavy atom. The van der Waals surface area contributed by atoms with Crippen molar-refractivity contribution in [1.82, 2.24) is 9.97 Å². The lowest BCUT2D eigenvalue weighted by Crippen LogP contribution is -2.05. The Hall–Kier alpha value is -2.10.